The van der Waals surface area contributed by atoms with Crippen molar-refractivity contribution >= 4 is 39.7 Å². The van der Waals surface area contributed by atoms with Crippen LogP contribution in [0.3, 0.4) is 0 Å². The van der Waals surface area contributed by atoms with Gasteiger partial charge in [-0.25, -0.2) is 0 Å². The molecule has 1 aliphatic rings. The average Bonchev–Trinajstić information content (AvgIpc) is 3.02. The van der Waals surface area contributed by atoms with E-state index in [1.54, 1.807) is 0 Å². The van der Waals surface area contributed by atoms with Crippen LogP contribution < -0.4 is 10.6 Å². The second-order valence-corrected chi connectivity index (χ2v) is 8.03. The summed E-state index contributed by atoms with van der Waals surface area (Å²) in [5.74, 6) is -0.157. The summed E-state index contributed by atoms with van der Waals surface area (Å²) in [7, 11) is 0. The minimum absolute atomic E-state index is 0.0231. The number of aryl methyl sites for hydroxylation is 1. The van der Waals surface area contributed by atoms with Crippen molar-refractivity contribution in [2.24, 2.45) is 4.99 Å². The number of nitrogens with zero attached hydrogens (tertiary/aromatic N) is 1. The van der Waals surface area contributed by atoms with Crippen LogP contribution in [0.15, 0.2) is 96.0 Å². The standard InChI is InChI=1S/C28H23N3O2/c32-25(17-10-19-6-2-1-3-7-19)30-22-14-11-21(12-15-22)27-24-16-13-20-8-4-5-9-23(20)28(24)31-26(33)18-29-27/h1-9,11-16H,10,17-18H2,(H,30,32)(H,31,33). The number of fused-ring (bicyclic) bond motifs is 3. The van der Waals surface area contributed by atoms with Crippen LogP contribution in [0.1, 0.15) is 23.1 Å². The third-order valence-corrected chi connectivity index (χ3v) is 5.75. The fraction of sp³-hybridized carbons (Fsp3) is 0.107. The number of amides is 2. The largest absolute Gasteiger partial charge is 0.326 e. The Hall–Kier alpha value is -4.25. The van der Waals surface area contributed by atoms with Crippen molar-refractivity contribution in [3.8, 4) is 0 Å². The minimum atomic E-state index is -0.134. The Morgan fingerprint density at radius 2 is 1.64 bits per heavy atom. The highest BCUT2D eigenvalue weighted by Gasteiger charge is 2.20. The molecule has 33 heavy (non-hydrogen) atoms. The third kappa shape index (κ3) is 4.53. The molecule has 0 fully saturated rings. The number of aliphatic imine (C=N–C) groups is 1. The highest BCUT2D eigenvalue weighted by Crippen LogP contribution is 2.31. The van der Waals surface area contributed by atoms with Crippen LogP contribution in [-0.2, 0) is 16.0 Å². The molecule has 0 unspecified atom stereocenters. The Kier molecular flexibility index (Phi) is 5.68. The van der Waals surface area contributed by atoms with Gasteiger partial charge in [-0.15, -0.1) is 0 Å². The molecule has 5 nitrogen and oxygen atoms in total. The first kappa shape index (κ1) is 20.6. The molecule has 0 spiro atoms. The van der Waals surface area contributed by atoms with Gasteiger partial charge in [0.2, 0.25) is 11.8 Å². The fourth-order valence-electron chi connectivity index (χ4n) is 4.10. The number of anilines is 2. The zero-order valence-corrected chi connectivity index (χ0v) is 18.0. The Bertz CT molecular complexity index is 1360. The van der Waals surface area contributed by atoms with E-state index in [2.05, 4.69) is 15.6 Å². The summed E-state index contributed by atoms with van der Waals surface area (Å²) in [5, 5.41) is 8.03. The van der Waals surface area contributed by atoms with Crippen molar-refractivity contribution in [2.75, 3.05) is 17.2 Å². The first-order valence-electron chi connectivity index (χ1n) is 11.0. The Morgan fingerprint density at radius 1 is 0.879 bits per heavy atom. The first-order valence-corrected chi connectivity index (χ1v) is 11.0. The number of rotatable bonds is 5. The number of nitrogens with one attached hydrogen (secondary N) is 2. The molecule has 0 saturated carbocycles. The maximum Gasteiger partial charge on any atom is 0.246 e. The van der Waals surface area contributed by atoms with Gasteiger partial charge in [-0.2, -0.15) is 0 Å². The number of hydrogen-bond donors (Lipinski definition) is 2. The molecule has 0 aliphatic carbocycles. The van der Waals surface area contributed by atoms with Crippen LogP contribution in [-0.4, -0.2) is 24.1 Å². The van der Waals surface area contributed by atoms with Gasteiger partial charge in [-0.05, 0) is 29.5 Å². The topological polar surface area (TPSA) is 70.6 Å². The van der Waals surface area contributed by atoms with Gasteiger partial charge in [0, 0.05) is 28.6 Å². The van der Waals surface area contributed by atoms with Crippen LogP contribution in [0.4, 0.5) is 11.4 Å². The van der Waals surface area contributed by atoms with Gasteiger partial charge in [-0.1, -0.05) is 78.9 Å². The van der Waals surface area contributed by atoms with Gasteiger partial charge in [0.1, 0.15) is 6.54 Å². The molecular formula is C28H23N3O2. The summed E-state index contributed by atoms with van der Waals surface area (Å²) < 4.78 is 0. The second kappa shape index (κ2) is 9.09. The number of hydrogen-bond acceptors (Lipinski definition) is 3. The van der Waals surface area contributed by atoms with Crippen molar-refractivity contribution in [1.29, 1.82) is 0 Å². The number of carbonyl (C=O) groups is 2. The van der Waals surface area contributed by atoms with Gasteiger partial charge in [-0.3, -0.25) is 14.6 Å². The Balaban J connectivity index is 1.36. The highest BCUT2D eigenvalue weighted by molar-refractivity contribution is 6.23. The number of benzene rings is 4. The molecule has 1 aliphatic heterocycles. The molecule has 0 atom stereocenters. The molecule has 5 heteroatoms. The second-order valence-electron chi connectivity index (χ2n) is 8.03. The smallest absolute Gasteiger partial charge is 0.246 e. The zero-order valence-electron chi connectivity index (χ0n) is 18.0. The predicted molar refractivity (Wildman–Crippen MR) is 133 cm³/mol. The van der Waals surface area contributed by atoms with Crippen LogP contribution in [0, 0.1) is 0 Å². The summed E-state index contributed by atoms with van der Waals surface area (Å²) in [4.78, 5) is 29.3. The van der Waals surface area contributed by atoms with Gasteiger partial charge in [0.15, 0.2) is 0 Å². The van der Waals surface area contributed by atoms with E-state index in [1.807, 2.05) is 91.0 Å². The van der Waals surface area contributed by atoms with Crippen LogP contribution in [0.2, 0.25) is 0 Å². The maximum absolute atomic E-state index is 12.4. The lowest BCUT2D eigenvalue weighted by molar-refractivity contribution is -0.116. The molecule has 162 valence electrons. The normalized spacial score (nSPS) is 13.0. The molecule has 0 aromatic heterocycles. The molecule has 0 saturated heterocycles. The lowest BCUT2D eigenvalue weighted by Crippen LogP contribution is -2.13. The average molecular weight is 434 g/mol. The monoisotopic (exact) mass is 433 g/mol. The van der Waals surface area contributed by atoms with E-state index >= 15 is 0 Å². The van der Waals surface area contributed by atoms with E-state index in [1.165, 1.54) is 0 Å². The summed E-state index contributed by atoms with van der Waals surface area (Å²) in [6.07, 6.45) is 1.13. The maximum atomic E-state index is 12.4. The van der Waals surface area contributed by atoms with E-state index in [4.69, 9.17) is 0 Å². The quantitative estimate of drug-likeness (QED) is 0.454. The van der Waals surface area contributed by atoms with Crippen LogP contribution in [0.25, 0.3) is 10.8 Å². The lowest BCUT2D eigenvalue weighted by atomic mass is 9.96. The SMILES string of the molecule is O=C(CCc1ccccc1)Nc1ccc(C2=NCC(=O)Nc3c2ccc2ccccc32)cc1. The van der Waals surface area contributed by atoms with Gasteiger partial charge < -0.3 is 10.6 Å². The van der Waals surface area contributed by atoms with Crippen LogP contribution in [0.5, 0.6) is 0 Å². The van der Waals surface area contributed by atoms with E-state index in [9.17, 15) is 9.59 Å². The Morgan fingerprint density at radius 3 is 2.45 bits per heavy atom. The first-order chi connectivity index (χ1) is 16.2. The number of carbonyl (C=O) groups excluding carboxylic acids is 2. The van der Waals surface area contributed by atoms with Gasteiger partial charge in [0.25, 0.3) is 0 Å². The zero-order chi connectivity index (χ0) is 22.6. The van der Waals surface area contributed by atoms with E-state index in [0.29, 0.717) is 12.8 Å². The third-order valence-electron chi connectivity index (χ3n) is 5.75. The molecule has 5 rings (SSSR count). The van der Waals surface area contributed by atoms with Crippen molar-refractivity contribution in [1.82, 2.24) is 0 Å². The lowest BCUT2D eigenvalue weighted by Gasteiger charge is -2.13. The molecule has 2 N–H and O–H groups in total. The fourth-order valence-corrected chi connectivity index (χ4v) is 4.10. The molecule has 0 radical (unpaired) electrons. The Labute approximate surface area is 192 Å². The minimum Gasteiger partial charge on any atom is -0.326 e. The predicted octanol–water partition coefficient (Wildman–Crippen LogP) is 5.20. The molecule has 2 amide bonds. The van der Waals surface area contributed by atoms with Gasteiger partial charge >= 0.3 is 0 Å². The van der Waals surface area contributed by atoms with E-state index < -0.39 is 0 Å². The van der Waals surface area contributed by atoms with Crippen molar-refractivity contribution in [2.45, 2.75) is 12.8 Å². The summed E-state index contributed by atoms with van der Waals surface area (Å²) in [6.45, 7) is 0.0658. The molecular weight excluding hydrogens is 410 g/mol. The summed E-state index contributed by atoms with van der Waals surface area (Å²) in [5.41, 5.74) is 5.20. The molecule has 4 aromatic carbocycles. The van der Waals surface area contributed by atoms with E-state index in [0.717, 1.165) is 44.5 Å². The van der Waals surface area contributed by atoms with E-state index in [-0.39, 0.29) is 18.4 Å². The van der Waals surface area contributed by atoms with Crippen molar-refractivity contribution < 1.29 is 9.59 Å². The summed E-state index contributed by atoms with van der Waals surface area (Å²) >= 11 is 0. The van der Waals surface area contributed by atoms with Crippen LogP contribution >= 0.6 is 0 Å². The molecule has 4 aromatic rings. The highest BCUT2D eigenvalue weighted by atomic mass is 16.2. The molecule has 0 bridgehead atoms. The van der Waals surface area contributed by atoms with Crippen molar-refractivity contribution in [3.63, 3.8) is 0 Å². The molecule has 1 heterocycles. The van der Waals surface area contributed by atoms with Gasteiger partial charge in [0.05, 0.1) is 11.4 Å². The summed E-state index contributed by atoms with van der Waals surface area (Å²) in [6, 6.07) is 29.6. The van der Waals surface area contributed by atoms with Crippen molar-refractivity contribution in [3.05, 3.63) is 108 Å².